The maximum absolute atomic E-state index is 12.0. The number of hydrogen-bond donors (Lipinski definition) is 2. The molecule has 2 rings (SSSR count). The zero-order valence-electron chi connectivity index (χ0n) is 15.4. The minimum Gasteiger partial charge on any atom is -0.493 e. The smallest absolute Gasteiger partial charge is 0.224 e. The van der Waals surface area contributed by atoms with E-state index in [4.69, 9.17) is 4.74 Å². The molecule has 1 fully saturated rings. The Morgan fingerprint density at radius 1 is 1.24 bits per heavy atom. The molecule has 25 heavy (non-hydrogen) atoms. The minimum atomic E-state index is 0. The van der Waals surface area contributed by atoms with Crippen LogP contribution < -0.4 is 15.4 Å². The van der Waals surface area contributed by atoms with Crippen LogP contribution in [-0.4, -0.2) is 56.7 Å². The molecule has 6 heteroatoms. The van der Waals surface area contributed by atoms with Crippen LogP contribution in [0.1, 0.15) is 25.8 Å². The lowest BCUT2D eigenvalue weighted by molar-refractivity contribution is -0.120. The molecule has 0 bridgehead atoms. The van der Waals surface area contributed by atoms with Gasteiger partial charge in [0.2, 0.25) is 5.91 Å². The summed E-state index contributed by atoms with van der Waals surface area (Å²) < 4.78 is 5.65. The highest BCUT2D eigenvalue weighted by Crippen LogP contribution is 2.13. The molecule has 0 saturated carbocycles. The van der Waals surface area contributed by atoms with Gasteiger partial charge in [-0.1, -0.05) is 26.0 Å². The van der Waals surface area contributed by atoms with E-state index in [1.54, 1.807) is 0 Å². The van der Waals surface area contributed by atoms with Crippen molar-refractivity contribution in [2.45, 2.75) is 26.7 Å². The third kappa shape index (κ3) is 9.10. The van der Waals surface area contributed by atoms with Crippen LogP contribution >= 0.6 is 12.4 Å². The lowest BCUT2D eigenvalue weighted by atomic mass is 10.1. The molecule has 0 aliphatic carbocycles. The van der Waals surface area contributed by atoms with Crippen LogP contribution in [0.3, 0.4) is 0 Å². The summed E-state index contributed by atoms with van der Waals surface area (Å²) >= 11 is 0. The molecule has 1 saturated heterocycles. The van der Waals surface area contributed by atoms with Gasteiger partial charge in [-0.05, 0) is 36.6 Å². The highest BCUT2D eigenvalue weighted by Gasteiger charge is 2.09. The summed E-state index contributed by atoms with van der Waals surface area (Å²) in [6.45, 7) is 11.1. The number of nitrogens with one attached hydrogen (secondary N) is 2. The third-order valence-corrected chi connectivity index (χ3v) is 4.05. The Kier molecular flexibility index (Phi) is 10.5. The molecule has 0 spiro atoms. The number of halogens is 1. The van der Waals surface area contributed by atoms with Crippen molar-refractivity contribution < 1.29 is 9.53 Å². The topological polar surface area (TPSA) is 53.6 Å². The first-order valence-corrected chi connectivity index (χ1v) is 9.05. The normalized spacial score (nSPS) is 14.8. The second-order valence-corrected chi connectivity index (χ2v) is 6.82. The van der Waals surface area contributed by atoms with Crippen LogP contribution in [0.15, 0.2) is 24.3 Å². The van der Waals surface area contributed by atoms with Crippen molar-refractivity contribution in [1.82, 2.24) is 15.5 Å². The first-order valence-electron chi connectivity index (χ1n) is 9.05. The first kappa shape index (κ1) is 21.7. The van der Waals surface area contributed by atoms with Gasteiger partial charge in [0.25, 0.3) is 0 Å². The number of benzene rings is 1. The van der Waals surface area contributed by atoms with E-state index in [1.807, 2.05) is 24.3 Å². The highest BCUT2D eigenvalue weighted by molar-refractivity contribution is 5.85. The van der Waals surface area contributed by atoms with Gasteiger partial charge < -0.3 is 20.3 Å². The van der Waals surface area contributed by atoms with Crippen molar-refractivity contribution in [3.8, 4) is 5.75 Å². The van der Waals surface area contributed by atoms with Crippen molar-refractivity contribution >= 4 is 18.3 Å². The van der Waals surface area contributed by atoms with Gasteiger partial charge in [-0.2, -0.15) is 0 Å². The number of rotatable bonds is 9. The summed E-state index contributed by atoms with van der Waals surface area (Å²) in [5.74, 6) is 1.46. The second kappa shape index (κ2) is 12.1. The maximum Gasteiger partial charge on any atom is 0.224 e. The van der Waals surface area contributed by atoms with E-state index >= 15 is 0 Å². The van der Waals surface area contributed by atoms with E-state index in [0.717, 1.165) is 57.0 Å². The number of amides is 1. The number of carbonyl (C=O) groups excluding carboxylic acids is 1. The SMILES string of the molecule is CC(C)COc1ccc(CC(=O)NCCCN2CCNCC2)cc1.Cl. The van der Waals surface area contributed by atoms with Crippen LogP contribution in [0, 0.1) is 5.92 Å². The first-order chi connectivity index (χ1) is 11.6. The Morgan fingerprint density at radius 3 is 2.56 bits per heavy atom. The summed E-state index contributed by atoms with van der Waals surface area (Å²) in [4.78, 5) is 14.4. The van der Waals surface area contributed by atoms with Gasteiger partial charge in [0.15, 0.2) is 0 Å². The van der Waals surface area contributed by atoms with Crippen molar-refractivity contribution in [3.05, 3.63) is 29.8 Å². The molecule has 1 aliphatic heterocycles. The Hall–Kier alpha value is -1.30. The average Bonchev–Trinajstić information content (AvgIpc) is 2.59. The number of carbonyl (C=O) groups is 1. The molecule has 1 heterocycles. The van der Waals surface area contributed by atoms with Gasteiger partial charge in [0, 0.05) is 32.7 Å². The van der Waals surface area contributed by atoms with Gasteiger partial charge in [0.05, 0.1) is 13.0 Å². The molecule has 1 aliphatic rings. The summed E-state index contributed by atoms with van der Waals surface area (Å²) in [5, 5.41) is 6.36. The molecule has 0 radical (unpaired) electrons. The predicted molar refractivity (Wildman–Crippen MR) is 105 cm³/mol. The number of piperazine rings is 1. The molecule has 2 N–H and O–H groups in total. The lowest BCUT2D eigenvalue weighted by Crippen LogP contribution is -2.44. The second-order valence-electron chi connectivity index (χ2n) is 6.82. The average molecular weight is 370 g/mol. The molecule has 5 nitrogen and oxygen atoms in total. The third-order valence-electron chi connectivity index (χ3n) is 4.05. The summed E-state index contributed by atoms with van der Waals surface area (Å²) in [7, 11) is 0. The largest absolute Gasteiger partial charge is 0.493 e. The van der Waals surface area contributed by atoms with Crippen LogP contribution in [-0.2, 0) is 11.2 Å². The van der Waals surface area contributed by atoms with Crippen molar-refractivity contribution in [2.24, 2.45) is 5.92 Å². The number of nitrogens with zero attached hydrogens (tertiary/aromatic N) is 1. The molecule has 1 aromatic carbocycles. The summed E-state index contributed by atoms with van der Waals surface area (Å²) in [6.07, 6.45) is 1.44. The summed E-state index contributed by atoms with van der Waals surface area (Å²) in [6, 6.07) is 7.82. The van der Waals surface area contributed by atoms with Crippen LogP contribution in [0.2, 0.25) is 0 Å². The van der Waals surface area contributed by atoms with E-state index in [9.17, 15) is 4.79 Å². The van der Waals surface area contributed by atoms with E-state index in [-0.39, 0.29) is 18.3 Å². The Bertz CT molecular complexity index is 488. The lowest BCUT2D eigenvalue weighted by Gasteiger charge is -2.27. The van der Waals surface area contributed by atoms with E-state index in [0.29, 0.717) is 18.9 Å². The molecule has 0 atom stereocenters. The van der Waals surface area contributed by atoms with E-state index in [2.05, 4.69) is 29.4 Å². The molecule has 1 aromatic rings. The van der Waals surface area contributed by atoms with Crippen LogP contribution in [0.4, 0.5) is 0 Å². The standard InChI is InChI=1S/C19H31N3O2.ClH/c1-16(2)15-24-18-6-4-17(5-7-18)14-19(23)21-8-3-11-22-12-9-20-10-13-22;/h4-7,16,20H,3,8-15H2,1-2H3,(H,21,23);1H. The number of hydrogen-bond acceptors (Lipinski definition) is 4. The fraction of sp³-hybridized carbons (Fsp3) is 0.632. The van der Waals surface area contributed by atoms with Gasteiger partial charge in [0.1, 0.15) is 5.75 Å². The van der Waals surface area contributed by atoms with Crippen LogP contribution in [0.5, 0.6) is 5.75 Å². The zero-order chi connectivity index (χ0) is 17.2. The zero-order valence-corrected chi connectivity index (χ0v) is 16.2. The molecule has 0 aromatic heterocycles. The molecule has 0 unspecified atom stereocenters. The van der Waals surface area contributed by atoms with Gasteiger partial charge >= 0.3 is 0 Å². The monoisotopic (exact) mass is 369 g/mol. The fourth-order valence-corrected chi connectivity index (χ4v) is 2.68. The summed E-state index contributed by atoms with van der Waals surface area (Å²) in [5.41, 5.74) is 1.02. The maximum atomic E-state index is 12.0. The Morgan fingerprint density at radius 2 is 1.92 bits per heavy atom. The van der Waals surface area contributed by atoms with Gasteiger partial charge in [-0.15, -0.1) is 12.4 Å². The van der Waals surface area contributed by atoms with E-state index < -0.39 is 0 Å². The predicted octanol–water partition coefficient (Wildman–Crippen LogP) is 2.10. The Labute approximate surface area is 157 Å². The molecule has 142 valence electrons. The quantitative estimate of drug-likeness (QED) is 0.654. The molecule has 1 amide bonds. The minimum absolute atomic E-state index is 0. The van der Waals surface area contributed by atoms with E-state index in [1.165, 1.54) is 0 Å². The fourth-order valence-electron chi connectivity index (χ4n) is 2.68. The molecular formula is C19H32ClN3O2. The van der Waals surface area contributed by atoms with Gasteiger partial charge in [-0.3, -0.25) is 4.79 Å². The highest BCUT2D eigenvalue weighted by atomic mass is 35.5. The van der Waals surface area contributed by atoms with Gasteiger partial charge in [-0.25, -0.2) is 0 Å². The molecular weight excluding hydrogens is 338 g/mol. The van der Waals surface area contributed by atoms with Crippen molar-refractivity contribution in [2.75, 3.05) is 45.9 Å². The van der Waals surface area contributed by atoms with Crippen molar-refractivity contribution in [3.63, 3.8) is 0 Å². The Balaban J connectivity index is 0.00000312. The van der Waals surface area contributed by atoms with Crippen molar-refractivity contribution in [1.29, 1.82) is 0 Å². The number of ether oxygens (including phenoxy) is 1. The van der Waals surface area contributed by atoms with Crippen LogP contribution in [0.25, 0.3) is 0 Å².